The molecule has 0 aliphatic heterocycles. The quantitative estimate of drug-likeness (QED) is 0.809. The van der Waals surface area contributed by atoms with Gasteiger partial charge >= 0.3 is 0 Å². The van der Waals surface area contributed by atoms with Crippen LogP contribution in [0.15, 0.2) is 6.20 Å². The first-order chi connectivity index (χ1) is 7.20. The molecule has 1 aromatic heterocycles. The van der Waals surface area contributed by atoms with Crippen molar-refractivity contribution in [3.8, 4) is 0 Å². The van der Waals surface area contributed by atoms with Crippen molar-refractivity contribution < 1.29 is 0 Å². The minimum atomic E-state index is 0.416. The first-order valence-corrected chi connectivity index (χ1v) is 6.03. The molecule has 0 unspecified atom stereocenters. The average molecular weight is 207 g/mol. The van der Waals surface area contributed by atoms with Gasteiger partial charge in [-0.1, -0.05) is 19.3 Å². The molecule has 1 heterocycles. The molecule has 0 aromatic carbocycles. The molecule has 1 aliphatic rings. The van der Waals surface area contributed by atoms with E-state index in [2.05, 4.69) is 23.6 Å². The smallest absolute Gasteiger partial charge is 0.0736 e. The lowest BCUT2D eigenvalue weighted by Crippen LogP contribution is -2.15. The number of hydrogen-bond donors (Lipinski definition) is 1. The molecule has 0 bridgehead atoms. The Balaban J connectivity index is 2.28. The Labute approximate surface area is 91.7 Å². The molecule has 1 fully saturated rings. The highest BCUT2D eigenvalue weighted by molar-refractivity contribution is 5.43. The first-order valence-electron chi connectivity index (χ1n) is 6.03. The molecule has 2 N–H and O–H groups in total. The van der Waals surface area contributed by atoms with Crippen LogP contribution in [0.2, 0.25) is 0 Å². The Hall–Kier alpha value is -0.990. The third kappa shape index (κ3) is 2.01. The van der Waals surface area contributed by atoms with Crippen molar-refractivity contribution >= 4 is 5.69 Å². The van der Waals surface area contributed by atoms with Crippen LogP contribution in [0.4, 0.5) is 5.69 Å². The van der Waals surface area contributed by atoms with Gasteiger partial charge in [-0.05, 0) is 26.7 Å². The predicted octanol–water partition coefficient (Wildman–Crippen LogP) is 3.09. The maximum atomic E-state index is 6.03. The summed E-state index contributed by atoms with van der Waals surface area (Å²) in [5.74, 6) is 0.642. The largest absolute Gasteiger partial charge is 0.396 e. The summed E-state index contributed by atoms with van der Waals surface area (Å²) in [7, 11) is 0. The minimum absolute atomic E-state index is 0.416. The monoisotopic (exact) mass is 207 g/mol. The second kappa shape index (κ2) is 4.25. The molecule has 1 saturated carbocycles. The summed E-state index contributed by atoms with van der Waals surface area (Å²) < 4.78 is 2.10. The number of nitrogens with zero attached hydrogens (tertiary/aromatic N) is 2. The fourth-order valence-corrected chi connectivity index (χ4v) is 2.60. The first kappa shape index (κ1) is 10.5. The van der Waals surface area contributed by atoms with Crippen LogP contribution in [0.25, 0.3) is 0 Å². The van der Waals surface area contributed by atoms with E-state index in [1.807, 2.05) is 6.20 Å². The number of anilines is 1. The molecular formula is C12H21N3. The molecule has 1 aromatic rings. The lowest BCUT2D eigenvalue weighted by molar-refractivity contribution is 0.402. The van der Waals surface area contributed by atoms with Gasteiger partial charge in [0, 0.05) is 12.0 Å². The summed E-state index contributed by atoms with van der Waals surface area (Å²) in [5, 5.41) is 4.38. The van der Waals surface area contributed by atoms with Crippen LogP contribution < -0.4 is 5.73 Å². The number of aromatic nitrogens is 2. The summed E-state index contributed by atoms with van der Waals surface area (Å²) in [4.78, 5) is 0. The highest BCUT2D eigenvalue weighted by Gasteiger charge is 2.22. The zero-order chi connectivity index (χ0) is 10.8. The van der Waals surface area contributed by atoms with Gasteiger partial charge in [0.1, 0.15) is 0 Å². The molecule has 3 nitrogen and oxygen atoms in total. The van der Waals surface area contributed by atoms with Gasteiger partial charge in [0.2, 0.25) is 0 Å². The summed E-state index contributed by atoms with van der Waals surface area (Å²) in [6.07, 6.45) is 8.43. The van der Waals surface area contributed by atoms with E-state index in [9.17, 15) is 0 Å². The van der Waals surface area contributed by atoms with Gasteiger partial charge in [-0.15, -0.1) is 0 Å². The highest BCUT2D eigenvalue weighted by atomic mass is 15.3. The maximum Gasteiger partial charge on any atom is 0.0736 e. The fraction of sp³-hybridized carbons (Fsp3) is 0.750. The van der Waals surface area contributed by atoms with E-state index in [0.717, 1.165) is 5.69 Å². The Bertz CT molecular complexity index is 322. The van der Waals surface area contributed by atoms with Gasteiger partial charge in [0.05, 0.1) is 17.6 Å². The van der Waals surface area contributed by atoms with Crippen molar-refractivity contribution in [1.29, 1.82) is 0 Å². The Morgan fingerprint density at radius 1 is 1.33 bits per heavy atom. The van der Waals surface area contributed by atoms with E-state index in [1.54, 1.807) is 0 Å². The lowest BCUT2D eigenvalue weighted by atomic mass is 9.86. The summed E-state index contributed by atoms with van der Waals surface area (Å²) in [6.45, 7) is 4.33. The van der Waals surface area contributed by atoms with Crippen LogP contribution in [0, 0.1) is 0 Å². The van der Waals surface area contributed by atoms with E-state index < -0.39 is 0 Å². The van der Waals surface area contributed by atoms with Gasteiger partial charge < -0.3 is 5.73 Å². The summed E-state index contributed by atoms with van der Waals surface area (Å²) >= 11 is 0. The topological polar surface area (TPSA) is 43.8 Å². The van der Waals surface area contributed by atoms with Crippen LogP contribution in [-0.2, 0) is 0 Å². The van der Waals surface area contributed by atoms with Crippen molar-refractivity contribution in [3.63, 3.8) is 0 Å². The summed E-state index contributed by atoms with van der Waals surface area (Å²) in [6, 6.07) is 0.416. The molecule has 0 spiro atoms. The molecule has 0 atom stereocenters. The molecule has 3 heteroatoms. The molecule has 2 rings (SSSR count). The van der Waals surface area contributed by atoms with Gasteiger partial charge in [0.25, 0.3) is 0 Å². The zero-order valence-electron chi connectivity index (χ0n) is 9.74. The number of nitrogen functional groups attached to an aromatic ring is 1. The van der Waals surface area contributed by atoms with E-state index >= 15 is 0 Å². The Kier molecular flexibility index (Phi) is 2.98. The molecule has 15 heavy (non-hydrogen) atoms. The minimum Gasteiger partial charge on any atom is -0.396 e. The lowest BCUT2D eigenvalue weighted by Gasteiger charge is -2.24. The normalized spacial score (nSPS) is 18.6. The second-order valence-corrected chi connectivity index (χ2v) is 4.86. The zero-order valence-corrected chi connectivity index (χ0v) is 9.74. The van der Waals surface area contributed by atoms with E-state index in [1.165, 1.54) is 37.8 Å². The van der Waals surface area contributed by atoms with Gasteiger partial charge in [-0.3, -0.25) is 4.68 Å². The summed E-state index contributed by atoms with van der Waals surface area (Å²) in [5.41, 5.74) is 8.19. The van der Waals surface area contributed by atoms with Crippen LogP contribution >= 0.6 is 0 Å². The third-order valence-corrected chi connectivity index (χ3v) is 3.34. The van der Waals surface area contributed by atoms with Crippen molar-refractivity contribution in [2.24, 2.45) is 0 Å². The van der Waals surface area contributed by atoms with Gasteiger partial charge in [-0.2, -0.15) is 5.10 Å². The van der Waals surface area contributed by atoms with Gasteiger partial charge in [-0.25, -0.2) is 0 Å². The molecule has 1 aliphatic carbocycles. The molecule has 84 valence electrons. The molecule has 0 saturated heterocycles. The van der Waals surface area contributed by atoms with Crippen LogP contribution in [0.5, 0.6) is 0 Å². The standard InChI is InChI=1S/C12H21N3/c1-9(2)15-12(11(13)8-14-15)10-6-4-3-5-7-10/h8-10H,3-7,13H2,1-2H3. The van der Waals surface area contributed by atoms with E-state index in [-0.39, 0.29) is 0 Å². The van der Waals surface area contributed by atoms with Crippen LogP contribution in [0.1, 0.15) is 63.6 Å². The van der Waals surface area contributed by atoms with Crippen molar-refractivity contribution in [1.82, 2.24) is 9.78 Å². The van der Waals surface area contributed by atoms with Crippen molar-refractivity contribution in [2.45, 2.75) is 57.9 Å². The van der Waals surface area contributed by atoms with Crippen LogP contribution in [-0.4, -0.2) is 9.78 Å². The molecule has 0 radical (unpaired) electrons. The molecular weight excluding hydrogens is 186 g/mol. The third-order valence-electron chi connectivity index (χ3n) is 3.34. The SMILES string of the molecule is CC(C)n1ncc(N)c1C1CCCCC1. The maximum absolute atomic E-state index is 6.03. The predicted molar refractivity (Wildman–Crippen MR) is 62.9 cm³/mol. The number of nitrogens with two attached hydrogens (primary N) is 1. The highest BCUT2D eigenvalue weighted by Crippen LogP contribution is 2.36. The van der Waals surface area contributed by atoms with Crippen molar-refractivity contribution in [3.05, 3.63) is 11.9 Å². The number of rotatable bonds is 2. The van der Waals surface area contributed by atoms with E-state index in [0.29, 0.717) is 12.0 Å². The fourth-order valence-electron chi connectivity index (χ4n) is 2.60. The van der Waals surface area contributed by atoms with Crippen molar-refractivity contribution in [2.75, 3.05) is 5.73 Å². The Morgan fingerprint density at radius 2 is 2.00 bits per heavy atom. The Morgan fingerprint density at radius 3 is 2.60 bits per heavy atom. The average Bonchev–Trinajstić information content (AvgIpc) is 2.61. The van der Waals surface area contributed by atoms with Crippen LogP contribution in [0.3, 0.4) is 0 Å². The van der Waals surface area contributed by atoms with Gasteiger partial charge in [0.15, 0.2) is 0 Å². The number of hydrogen-bond acceptors (Lipinski definition) is 2. The second-order valence-electron chi connectivity index (χ2n) is 4.86. The molecule has 0 amide bonds. The van der Waals surface area contributed by atoms with E-state index in [4.69, 9.17) is 5.73 Å².